The van der Waals surface area contributed by atoms with Crippen molar-refractivity contribution in [3.05, 3.63) is 24.3 Å². The van der Waals surface area contributed by atoms with Crippen molar-refractivity contribution in [1.29, 1.82) is 0 Å². The molecule has 0 spiro atoms. The van der Waals surface area contributed by atoms with Crippen LogP contribution in [0.4, 0.5) is 19.3 Å². The smallest absolute Gasteiger partial charge is 0.341 e. The van der Waals surface area contributed by atoms with Crippen LogP contribution in [0, 0.1) is 0 Å². The molecule has 1 aliphatic heterocycles. The minimum Gasteiger partial charge on any atom is -0.375 e. The molecule has 1 aliphatic rings. The molecule has 2 amide bonds. The lowest BCUT2D eigenvalue weighted by Gasteiger charge is -2.31. The maximum atomic E-state index is 12.5. The molecule has 0 aliphatic carbocycles. The number of amides is 2. The van der Waals surface area contributed by atoms with Gasteiger partial charge in [0.15, 0.2) is 0 Å². The van der Waals surface area contributed by atoms with Gasteiger partial charge in [-0.1, -0.05) is 6.07 Å². The van der Waals surface area contributed by atoms with Crippen LogP contribution in [0.25, 0.3) is 0 Å². The van der Waals surface area contributed by atoms with Crippen molar-refractivity contribution in [2.24, 2.45) is 0 Å². The second kappa shape index (κ2) is 6.57. The number of nitrogens with zero attached hydrogens (tertiary/aromatic N) is 1. The molecule has 122 valence electrons. The van der Waals surface area contributed by atoms with Crippen molar-refractivity contribution in [2.75, 3.05) is 25.0 Å². The maximum Gasteiger partial charge on any atom is 0.341 e. The number of ether oxygens (including phenoxy) is 1. The first kappa shape index (κ1) is 16.6. The lowest BCUT2D eigenvalue weighted by Crippen LogP contribution is -2.46. The Kier molecular flexibility index (Phi) is 4.97. The van der Waals surface area contributed by atoms with E-state index in [4.69, 9.17) is 4.74 Å². The molecule has 22 heavy (non-hydrogen) atoms. The Morgan fingerprint density at radius 1 is 1.45 bits per heavy atom. The van der Waals surface area contributed by atoms with Crippen molar-refractivity contribution in [3.8, 4) is 0 Å². The second-order valence-electron chi connectivity index (χ2n) is 4.89. The Hall–Kier alpha value is -1.74. The van der Waals surface area contributed by atoms with Crippen LogP contribution in [-0.4, -0.2) is 50.9 Å². The fraction of sp³-hybridized carbons (Fsp3) is 0.462. The molecular formula is C13H16F2N2O4S. The molecule has 1 fully saturated rings. The molecule has 0 aromatic heterocycles. The molecule has 1 aromatic rings. The van der Waals surface area contributed by atoms with E-state index >= 15 is 0 Å². The Balaban J connectivity index is 2.12. The standard InChI is InChI=1S/C13H16F2N2O4S/c1-9-8-17(5-6-21-9)13(18)16-10-3-2-4-11(7-10)22(19,20)12(14)15/h2-4,7,9,12H,5-6,8H2,1H3,(H,16,18)/t9-/m1/s1. The molecule has 1 heterocycles. The summed E-state index contributed by atoms with van der Waals surface area (Å²) in [4.78, 5) is 13.1. The van der Waals surface area contributed by atoms with Crippen LogP contribution < -0.4 is 5.32 Å². The zero-order valence-corrected chi connectivity index (χ0v) is 12.6. The number of morpholine rings is 1. The molecule has 1 atom stereocenters. The molecule has 1 aromatic carbocycles. The van der Waals surface area contributed by atoms with Gasteiger partial charge in [0.05, 0.1) is 17.6 Å². The number of alkyl halides is 2. The highest BCUT2D eigenvalue weighted by Crippen LogP contribution is 2.21. The third kappa shape index (κ3) is 3.72. The number of hydrogen-bond acceptors (Lipinski definition) is 4. The van der Waals surface area contributed by atoms with Gasteiger partial charge in [0.25, 0.3) is 0 Å². The minimum atomic E-state index is -4.69. The number of anilines is 1. The molecule has 1 saturated heterocycles. The number of benzene rings is 1. The number of hydrogen-bond donors (Lipinski definition) is 1. The highest BCUT2D eigenvalue weighted by molar-refractivity contribution is 7.91. The number of nitrogens with one attached hydrogen (secondary N) is 1. The summed E-state index contributed by atoms with van der Waals surface area (Å²) in [5.74, 6) is -3.50. The fourth-order valence-electron chi connectivity index (χ4n) is 2.06. The lowest BCUT2D eigenvalue weighted by molar-refractivity contribution is -0.00138. The lowest BCUT2D eigenvalue weighted by atomic mass is 10.3. The van der Waals surface area contributed by atoms with Gasteiger partial charge in [-0.25, -0.2) is 13.2 Å². The van der Waals surface area contributed by atoms with Crippen LogP contribution >= 0.6 is 0 Å². The van der Waals surface area contributed by atoms with Crippen molar-refractivity contribution in [3.63, 3.8) is 0 Å². The Bertz CT molecular complexity index is 651. The SMILES string of the molecule is C[C@@H]1CN(C(=O)Nc2cccc(S(=O)(=O)C(F)F)c2)CCO1. The summed E-state index contributed by atoms with van der Waals surface area (Å²) >= 11 is 0. The van der Waals surface area contributed by atoms with E-state index in [1.54, 1.807) is 0 Å². The van der Waals surface area contributed by atoms with Crippen molar-refractivity contribution >= 4 is 21.6 Å². The fourth-order valence-corrected chi connectivity index (χ4v) is 2.82. The maximum absolute atomic E-state index is 12.5. The number of rotatable bonds is 3. The largest absolute Gasteiger partial charge is 0.375 e. The second-order valence-corrected chi connectivity index (χ2v) is 6.81. The number of carbonyl (C=O) groups is 1. The Morgan fingerprint density at radius 2 is 2.18 bits per heavy atom. The highest BCUT2D eigenvalue weighted by atomic mass is 32.2. The third-order valence-electron chi connectivity index (χ3n) is 3.18. The summed E-state index contributed by atoms with van der Waals surface area (Å²) in [6.07, 6.45) is -0.0926. The van der Waals surface area contributed by atoms with E-state index in [0.29, 0.717) is 19.7 Å². The normalized spacial score (nSPS) is 19.3. The zero-order chi connectivity index (χ0) is 16.3. The third-order valence-corrected chi connectivity index (χ3v) is 4.56. The van der Waals surface area contributed by atoms with Gasteiger partial charge in [0.1, 0.15) is 0 Å². The molecule has 0 saturated carbocycles. The van der Waals surface area contributed by atoms with Crippen LogP contribution in [0.15, 0.2) is 29.2 Å². The molecule has 9 heteroatoms. The number of halogens is 2. The quantitative estimate of drug-likeness (QED) is 0.916. The van der Waals surface area contributed by atoms with Crippen molar-refractivity contribution < 1.29 is 26.7 Å². The molecule has 6 nitrogen and oxygen atoms in total. The van der Waals surface area contributed by atoms with Gasteiger partial charge in [-0.15, -0.1) is 0 Å². The van der Waals surface area contributed by atoms with Gasteiger partial charge < -0.3 is 15.0 Å². The molecule has 0 radical (unpaired) electrons. The van der Waals surface area contributed by atoms with Crippen molar-refractivity contribution in [2.45, 2.75) is 23.7 Å². The van der Waals surface area contributed by atoms with Crippen LogP contribution in [0.1, 0.15) is 6.92 Å². The number of sulfone groups is 1. The number of urea groups is 1. The van der Waals surface area contributed by atoms with E-state index < -0.39 is 26.5 Å². The van der Waals surface area contributed by atoms with Gasteiger partial charge in [0, 0.05) is 18.8 Å². The Morgan fingerprint density at radius 3 is 2.82 bits per heavy atom. The van der Waals surface area contributed by atoms with E-state index in [2.05, 4.69) is 5.32 Å². The average Bonchev–Trinajstić information content (AvgIpc) is 2.47. The first-order valence-electron chi connectivity index (χ1n) is 6.60. The van der Waals surface area contributed by atoms with Crippen LogP contribution in [0.2, 0.25) is 0 Å². The predicted molar refractivity (Wildman–Crippen MR) is 75.6 cm³/mol. The van der Waals surface area contributed by atoms with Crippen LogP contribution in [0.5, 0.6) is 0 Å². The first-order chi connectivity index (χ1) is 10.3. The van der Waals surface area contributed by atoms with Gasteiger partial charge >= 0.3 is 11.8 Å². The van der Waals surface area contributed by atoms with E-state index in [1.165, 1.54) is 17.0 Å². The molecule has 2 rings (SSSR count). The zero-order valence-electron chi connectivity index (χ0n) is 11.8. The van der Waals surface area contributed by atoms with Crippen LogP contribution in [0.3, 0.4) is 0 Å². The number of carbonyl (C=O) groups excluding carboxylic acids is 1. The summed E-state index contributed by atoms with van der Waals surface area (Å²) in [5.41, 5.74) is 0.144. The average molecular weight is 334 g/mol. The summed E-state index contributed by atoms with van der Waals surface area (Å²) < 4.78 is 53.2. The van der Waals surface area contributed by atoms with Gasteiger partial charge in [-0.2, -0.15) is 8.78 Å². The summed E-state index contributed by atoms with van der Waals surface area (Å²) in [6.45, 7) is 3.05. The Labute approximate surface area is 127 Å². The molecule has 0 bridgehead atoms. The van der Waals surface area contributed by atoms with E-state index in [9.17, 15) is 22.0 Å². The summed E-state index contributed by atoms with van der Waals surface area (Å²) in [6, 6.07) is 4.39. The van der Waals surface area contributed by atoms with E-state index in [-0.39, 0.29) is 11.8 Å². The molecule has 0 unspecified atom stereocenters. The first-order valence-corrected chi connectivity index (χ1v) is 8.15. The van der Waals surface area contributed by atoms with E-state index in [0.717, 1.165) is 12.1 Å². The van der Waals surface area contributed by atoms with Crippen molar-refractivity contribution in [1.82, 2.24) is 4.90 Å². The summed E-state index contributed by atoms with van der Waals surface area (Å²) in [5, 5.41) is 2.51. The van der Waals surface area contributed by atoms with Gasteiger partial charge in [0.2, 0.25) is 9.84 Å². The minimum absolute atomic E-state index is 0.0926. The molecule has 1 N–H and O–H groups in total. The summed E-state index contributed by atoms with van der Waals surface area (Å²) in [7, 11) is -4.69. The van der Waals surface area contributed by atoms with Gasteiger partial charge in [-0.3, -0.25) is 0 Å². The predicted octanol–water partition coefficient (Wildman–Crippen LogP) is 1.94. The van der Waals surface area contributed by atoms with Gasteiger partial charge in [-0.05, 0) is 25.1 Å². The topological polar surface area (TPSA) is 75.7 Å². The van der Waals surface area contributed by atoms with E-state index in [1.807, 2.05) is 6.92 Å². The monoisotopic (exact) mass is 334 g/mol. The highest BCUT2D eigenvalue weighted by Gasteiger charge is 2.27. The molecular weight excluding hydrogens is 318 g/mol. The van der Waals surface area contributed by atoms with Crippen LogP contribution in [-0.2, 0) is 14.6 Å².